The van der Waals surface area contributed by atoms with Crippen LogP contribution in [0.4, 0.5) is 0 Å². The molecule has 7 nitrogen and oxygen atoms in total. The first kappa shape index (κ1) is 15.6. The summed E-state index contributed by atoms with van der Waals surface area (Å²) in [5.41, 5.74) is 2.82. The van der Waals surface area contributed by atoms with E-state index in [9.17, 15) is 9.59 Å². The quantitative estimate of drug-likeness (QED) is 0.329. The number of rotatable bonds is 6. The van der Waals surface area contributed by atoms with Crippen LogP contribution >= 0.6 is 0 Å². The Labute approximate surface area is 117 Å². The topological polar surface area (TPSA) is 89.0 Å². The van der Waals surface area contributed by atoms with Gasteiger partial charge in [-0.05, 0) is 12.1 Å². The van der Waals surface area contributed by atoms with Gasteiger partial charge in [-0.15, -0.1) is 0 Å². The van der Waals surface area contributed by atoms with E-state index in [2.05, 4.69) is 15.8 Å². The van der Waals surface area contributed by atoms with E-state index in [1.54, 1.807) is 12.1 Å². The van der Waals surface area contributed by atoms with Crippen LogP contribution in [-0.4, -0.2) is 45.4 Å². The fourth-order valence-electron chi connectivity index (χ4n) is 1.33. The number of nitrogens with zero attached hydrogens (tertiary/aromatic N) is 1. The number of ether oxygens (including phenoxy) is 2. The molecule has 0 spiro atoms. The zero-order chi connectivity index (χ0) is 14.8. The second-order valence-corrected chi connectivity index (χ2v) is 3.69. The molecule has 7 heteroatoms. The van der Waals surface area contributed by atoms with Gasteiger partial charge in [0.15, 0.2) is 0 Å². The molecule has 0 aliphatic carbocycles. The summed E-state index contributed by atoms with van der Waals surface area (Å²) in [5, 5.41) is 6.08. The van der Waals surface area contributed by atoms with Gasteiger partial charge in [-0.2, -0.15) is 5.10 Å². The number of amides is 2. The fourth-order valence-corrected chi connectivity index (χ4v) is 1.33. The number of benzene rings is 1. The Kier molecular flexibility index (Phi) is 6.77. The Morgan fingerprint density at radius 2 is 2.00 bits per heavy atom. The third-order valence-electron chi connectivity index (χ3n) is 2.31. The van der Waals surface area contributed by atoms with Crippen molar-refractivity contribution in [2.45, 2.75) is 0 Å². The minimum atomic E-state index is -0.841. The maximum absolute atomic E-state index is 11.4. The van der Waals surface area contributed by atoms with Crippen LogP contribution < -0.4 is 15.5 Å². The molecule has 2 N–H and O–H groups in total. The summed E-state index contributed by atoms with van der Waals surface area (Å²) in [7, 11) is 3.04. The highest BCUT2D eigenvalue weighted by molar-refractivity contribution is 6.35. The molecule has 0 bridgehead atoms. The Morgan fingerprint density at radius 1 is 1.25 bits per heavy atom. The molecule has 0 fully saturated rings. The Morgan fingerprint density at radius 3 is 2.70 bits per heavy atom. The molecule has 0 atom stereocenters. The third-order valence-corrected chi connectivity index (χ3v) is 2.31. The van der Waals surface area contributed by atoms with E-state index in [0.717, 1.165) is 0 Å². The maximum atomic E-state index is 11.4. The van der Waals surface area contributed by atoms with E-state index in [1.165, 1.54) is 20.4 Å². The molecule has 1 aromatic rings. The predicted octanol–water partition coefficient (Wildman–Crippen LogP) is -0.0921. The van der Waals surface area contributed by atoms with Gasteiger partial charge in [0.1, 0.15) is 5.75 Å². The Hall–Kier alpha value is -2.41. The summed E-state index contributed by atoms with van der Waals surface area (Å²) in [6, 6.07) is 7.16. The lowest BCUT2D eigenvalue weighted by Gasteiger charge is -2.04. The predicted molar refractivity (Wildman–Crippen MR) is 73.6 cm³/mol. The van der Waals surface area contributed by atoms with Gasteiger partial charge in [0, 0.05) is 19.2 Å². The van der Waals surface area contributed by atoms with Crippen LogP contribution in [-0.2, 0) is 14.3 Å². The second kappa shape index (κ2) is 8.65. The van der Waals surface area contributed by atoms with Gasteiger partial charge < -0.3 is 14.8 Å². The van der Waals surface area contributed by atoms with Gasteiger partial charge in [-0.3, -0.25) is 9.59 Å². The molecule has 0 saturated carbocycles. The first-order valence-electron chi connectivity index (χ1n) is 5.92. The molecule has 2 amide bonds. The van der Waals surface area contributed by atoms with Crippen molar-refractivity contribution >= 4 is 18.0 Å². The highest BCUT2D eigenvalue weighted by Crippen LogP contribution is 2.14. The molecule has 0 heterocycles. The van der Waals surface area contributed by atoms with Crippen LogP contribution in [0.2, 0.25) is 0 Å². The molecule has 0 unspecified atom stereocenters. The minimum Gasteiger partial charge on any atom is -0.496 e. The van der Waals surface area contributed by atoms with E-state index in [4.69, 9.17) is 9.47 Å². The largest absolute Gasteiger partial charge is 0.496 e. The normalized spacial score (nSPS) is 10.3. The van der Waals surface area contributed by atoms with Crippen molar-refractivity contribution in [3.8, 4) is 5.75 Å². The van der Waals surface area contributed by atoms with Gasteiger partial charge >= 0.3 is 11.8 Å². The van der Waals surface area contributed by atoms with Crippen molar-refractivity contribution in [2.24, 2.45) is 5.10 Å². The zero-order valence-corrected chi connectivity index (χ0v) is 11.4. The molecule has 0 aromatic heterocycles. The Balaban J connectivity index is 2.47. The minimum absolute atomic E-state index is 0.263. The lowest BCUT2D eigenvalue weighted by atomic mass is 10.2. The van der Waals surface area contributed by atoms with E-state index in [0.29, 0.717) is 17.9 Å². The average molecular weight is 279 g/mol. The molecule has 108 valence electrons. The van der Waals surface area contributed by atoms with Crippen LogP contribution in [0.15, 0.2) is 29.4 Å². The molecule has 0 saturated heterocycles. The first-order chi connectivity index (χ1) is 9.69. The van der Waals surface area contributed by atoms with E-state index in [-0.39, 0.29) is 6.54 Å². The molecule has 20 heavy (non-hydrogen) atoms. The maximum Gasteiger partial charge on any atom is 0.329 e. The van der Waals surface area contributed by atoms with E-state index in [1.807, 2.05) is 12.1 Å². The third kappa shape index (κ3) is 5.07. The van der Waals surface area contributed by atoms with Crippen molar-refractivity contribution < 1.29 is 19.1 Å². The van der Waals surface area contributed by atoms with Crippen molar-refractivity contribution in [1.82, 2.24) is 10.7 Å². The van der Waals surface area contributed by atoms with E-state index >= 15 is 0 Å². The lowest BCUT2D eigenvalue weighted by Crippen LogP contribution is -2.39. The molecular weight excluding hydrogens is 262 g/mol. The van der Waals surface area contributed by atoms with Crippen molar-refractivity contribution in [1.29, 1.82) is 0 Å². The number of hydrogen-bond donors (Lipinski definition) is 2. The second-order valence-electron chi connectivity index (χ2n) is 3.69. The van der Waals surface area contributed by atoms with Crippen LogP contribution in [0.5, 0.6) is 5.75 Å². The molecule has 0 radical (unpaired) electrons. The molecule has 1 aromatic carbocycles. The summed E-state index contributed by atoms with van der Waals surface area (Å²) in [6.07, 6.45) is 1.40. The van der Waals surface area contributed by atoms with Crippen LogP contribution in [0.25, 0.3) is 0 Å². The van der Waals surface area contributed by atoms with Crippen molar-refractivity contribution in [2.75, 3.05) is 27.4 Å². The number of nitrogens with one attached hydrogen (secondary N) is 2. The average Bonchev–Trinajstić information content (AvgIpc) is 2.47. The van der Waals surface area contributed by atoms with Crippen LogP contribution in [0.1, 0.15) is 5.56 Å². The number of carbonyl (C=O) groups is 2. The summed E-state index contributed by atoms with van der Waals surface area (Å²) in [4.78, 5) is 22.7. The molecule has 0 aliphatic rings. The highest BCUT2D eigenvalue weighted by Gasteiger charge is 2.11. The summed E-state index contributed by atoms with van der Waals surface area (Å²) in [5.74, 6) is -0.985. The van der Waals surface area contributed by atoms with Crippen molar-refractivity contribution in [3.63, 3.8) is 0 Å². The van der Waals surface area contributed by atoms with Gasteiger partial charge in [-0.25, -0.2) is 5.43 Å². The Bertz CT molecular complexity index is 488. The number of hydrazone groups is 1. The highest BCUT2D eigenvalue weighted by atomic mass is 16.5. The zero-order valence-electron chi connectivity index (χ0n) is 11.4. The van der Waals surface area contributed by atoms with Gasteiger partial charge in [-0.1, -0.05) is 12.1 Å². The van der Waals surface area contributed by atoms with Crippen molar-refractivity contribution in [3.05, 3.63) is 29.8 Å². The molecular formula is C13H17N3O4. The standard InChI is InChI=1S/C13H17N3O4/c1-19-8-7-14-12(17)13(18)16-15-9-10-5-3-4-6-11(10)20-2/h3-6,9H,7-8H2,1-2H3,(H,14,17)(H,16,18). The smallest absolute Gasteiger partial charge is 0.329 e. The summed E-state index contributed by atoms with van der Waals surface area (Å²) >= 11 is 0. The molecule has 0 aliphatic heterocycles. The SMILES string of the molecule is COCCNC(=O)C(=O)NN=Cc1ccccc1OC. The fraction of sp³-hybridized carbons (Fsp3) is 0.308. The van der Waals surface area contributed by atoms with Crippen LogP contribution in [0, 0.1) is 0 Å². The van der Waals surface area contributed by atoms with Gasteiger partial charge in [0.25, 0.3) is 0 Å². The number of para-hydroxylation sites is 1. The molecule has 1 rings (SSSR count). The first-order valence-corrected chi connectivity index (χ1v) is 5.92. The number of methoxy groups -OCH3 is 2. The van der Waals surface area contributed by atoms with Crippen LogP contribution in [0.3, 0.4) is 0 Å². The van der Waals surface area contributed by atoms with E-state index < -0.39 is 11.8 Å². The van der Waals surface area contributed by atoms with Gasteiger partial charge in [0.05, 0.1) is 19.9 Å². The van der Waals surface area contributed by atoms with Gasteiger partial charge in [0.2, 0.25) is 0 Å². The summed E-state index contributed by atoms with van der Waals surface area (Å²) < 4.78 is 9.87. The number of carbonyl (C=O) groups excluding carboxylic acids is 2. The lowest BCUT2D eigenvalue weighted by molar-refractivity contribution is -0.139. The summed E-state index contributed by atoms with van der Waals surface area (Å²) in [6.45, 7) is 0.600. The number of hydrogen-bond acceptors (Lipinski definition) is 5. The monoisotopic (exact) mass is 279 g/mol.